The maximum atomic E-state index is 6.72. The standard InChI is InChI=1S/C39H31N2O.C18H24NSi.Ir/c1-23(2)27-13-9-14-28(24(3)4)37(27)41-35-18-8-7-17-34(35)40-39(41)31-16-10-15-30-33-22-32-26(21-36(33)42-38(30)31)20-19-25-11-5-6-12-29(25)32;1-14(2)11-16-12-17(15-9-7-6-8-10-15)19-13-18(16)20(3,4)5;/h5-15,17-24H,1-4H3;6-9,12-14H,11H2,1-5H3;/q2*-1;. The van der Waals surface area contributed by atoms with Crippen LogP contribution in [0.1, 0.15) is 70.1 Å². The Bertz CT molecular complexity index is 3220. The molecule has 4 nitrogen and oxygen atoms in total. The molecule has 0 spiro atoms. The molecule has 10 aromatic rings. The third-order valence-electron chi connectivity index (χ3n) is 12.1. The van der Waals surface area contributed by atoms with E-state index in [-0.39, 0.29) is 20.1 Å². The minimum atomic E-state index is -1.34. The number of hydrogen-bond acceptors (Lipinski definition) is 3. The van der Waals surface area contributed by atoms with Crippen LogP contribution < -0.4 is 5.19 Å². The maximum Gasteiger partial charge on any atom is 0.121 e. The maximum absolute atomic E-state index is 6.72. The summed E-state index contributed by atoms with van der Waals surface area (Å²) in [6.45, 7) is 20.8. The summed E-state index contributed by atoms with van der Waals surface area (Å²) in [7, 11) is -1.34. The molecule has 63 heavy (non-hydrogen) atoms. The van der Waals surface area contributed by atoms with Crippen molar-refractivity contribution in [2.75, 3.05) is 0 Å². The molecule has 0 fully saturated rings. The SMILES string of the molecule is CC(C)Cc1cc(-c2[c-]cccc2)ncc1[Si](C)(C)C.CC(C)c1cccc(C(C)C)c1-n1c(-c2[c-]ccc3c2oc2cc4ccc5ccccc5c4cc23)nc2ccccc21.[Ir]. The summed E-state index contributed by atoms with van der Waals surface area (Å²) in [4.78, 5) is 9.94. The Labute approximate surface area is 386 Å². The van der Waals surface area contributed by atoms with Crippen LogP contribution in [-0.4, -0.2) is 22.6 Å². The van der Waals surface area contributed by atoms with Gasteiger partial charge in [0.2, 0.25) is 0 Å². The van der Waals surface area contributed by atoms with Gasteiger partial charge in [0.05, 0.1) is 30.5 Å². The quantitative estimate of drug-likeness (QED) is 0.0865. The topological polar surface area (TPSA) is 43.9 Å². The summed E-state index contributed by atoms with van der Waals surface area (Å²) in [6, 6.07) is 53.8. The largest absolute Gasteiger partial charge is 0.501 e. The van der Waals surface area contributed by atoms with Crippen molar-refractivity contribution >= 4 is 67.8 Å². The van der Waals surface area contributed by atoms with Crippen molar-refractivity contribution < 1.29 is 24.5 Å². The summed E-state index contributed by atoms with van der Waals surface area (Å²) in [5, 5.41) is 8.58. The first kappa shape index (κ1) is 44.0. The zero-order valence-corrected chi connectivity index (χ0v) is 41.2. The van der Waals surface area contributed by atoms with Gasteiger partial charge >= 0.3 is 0 Å². The van der Waals surface area contributed by atoms with E-state index < -0.39 is 8.07 Å². The molecule has 0 N–H and O–H groups in total. The number of fused-ring (bicyclic) bond motifs is 7. The molecule has 3 heterocycles. The van der Waals surface area contributed by atoms with Crippen molar-refractivity contribution in [3.05, 3.63) is 168 Å². The van der Waals surface area contributed by atoms with Crippen molar-refractivity contribution in [2.24, 2.45) is 5.92 Å². The third-order valence-corrected chi connectivity index (χ3v) is 14.1. The van der Waals surface area contributed by atoms with Crippen LogP contribution in [0.4, 0.5) is 0 Å². The minimum absolute atomic E-state index is 0. The monoisotopic (exact) mass is 1020 g/mol. The fraction of sp³-hybridized carbons (Fsp3) is 0.228. The molecule has 0 saturated heterocycles. The Morgan fingerprint density at radius 3 is 2.08 bits per heavy atom. The number of imidazole rings is 1. The van der Waals surface area contributed by atoms with Crippen molar-refractivity contribution in [1.82, 2.24) is 14.5 Å². The molecule has 0 aliphatic heterocycles. The summed E-state index contributed by atoms with van der Waals surface area (Å²) in [5.74, 6) is 2.22. The molecule has 0 aliphatic carbocycles. The van der Waals surface area contributed by atoms with Gasteiger partial charge in [0.25, 0.3) is 0 Å². The van der Waals surface area contributed by atoms with Crippen molar-refractivity contribution in [3.8, 4) is 28.3 Å². The minimum Gasteiger partial charge on any atom is -0.501 e. The van der Waals surface area contributed by atoms with Crippen molar-refractivity contribution in [3.63, 3.8) is 0 Å². The molecule has 0 unspecified atom stereocenters. The Kier molecular flexibility index (Phi) is 12.5. The van der Waals surface area contributed by atoms with Crippen LogP contribution in [0.15, 0.2) is 144 Å². The Balaban J connectivity index is 0.000000219. The zero-order valence-electron chi connectivity index (χ0n) is 37.8. The van der Waals surface area contributed by atoms with E-state index in [2.05, 4.69) is 198 Å². The second-order valence-corrected chi connectivity index (χ2v) is 23.8. The number of furan rings is 1. The van der Waals surface area contributed by atoms with Crippen molar-refractivity contribution in [1.29, 1.82) is 0 Å². The smallest absolute Gasteiger partial charge is 0.121 e. The molecule has 7 aromatic carbocycles. The van der Waals surface area contributed by atoms with Crippen LogP contribution in [0, 0.1) is 18.1 Å². The molecule has 0 bridgehead atoms. The van der Waals surface area contributed by atoms with E-state index in [1.54, 1.807) is 0 Å². The number of rotatable bonds is 8. The number of benzene rings is 7. The average Bonchev–Trinajstić information content (AvgIpc) is 3.83. The van der Waals surface area contributed by atoms with Crippen LogP contribution in [-0.2, 0) is 26.5 Å². The van der Waals surface area contributed by atoms with E-state index in [0.717, 1.165) is 62.0 Å². The van der Waals surface area contributed by atoms with Gasteiger partial charge in [-0.15, -0.1) is 54.1 Å². The number of para-hydroxylation sites is 3. The van der Waals surface area contributed by atoms with E-state index in [9.17, 15) is 0 Å². The number of aromatic nitrogens is 3. The van der Waals surface area contributed by atoms with Gasteiger partial charge in [0, 0.05) is 37.4 Å². The van der Waals surface area contributed by atoms with E-state index in [1.165, 1.54) is 49.1 Å². The molecule has 0 amide bonds. The number of nitrogens with zero attached hydrogens (tertiary/aromatic N) is 3. The van der Waals surface area contributed by atoms with Gasteiger partial charge in [-0.2, -0.15) is 0 Å². The normalized spacial score (nSPS) is 11.9. The van der Waals surface area contributed by atoms with Gasteiger partial charge in [-0.3, -0.25) is 4.98 Å². The molecule has 0 atom stereocenters. The molecular formula is C57H55IrN3OSi-2. The fourth-order valence-electron chi connectivity index (χ4n) is 9.08. The van der Waals surface area contributed by atoms with Crippen molar-refractivity contribution in [2.45, 2.75) is 79.4 Å². The molecule has 10 rings (SSSR count). The van der Waals surface area contributed by atoms with E-state index in [4.69, 9.17) is 9.40 Å². The zero-order chi connectivity index (χ0) is 43.3. The Hall–Kier alpha value is -5.65. The predicted octanol–water partition coefficient (Wildman–Crippen LogP) is 15.2. The summed E-state index contributed by atoms with van der Waals surface area (Å²) in [5.41, 5.74) is 12.0. The third kappa shape index (κ3) is 8.45. The average molecular weight is 1020 g/mol. The molecule has 319 valence electrons. The van der Waals surface area contributed by atoms with Gasteiger partial charge in [0.15, 0.2) is 0 Å². The Morgan fingerprint density at radius 1 is 0.651 bits per heavy atom. The van der Waals surface area contributed by atoms with Gasteiger partial charge in [-0.05, 0) is 92.0 Å². The first-order valence-corrected chi connectivity index (χ1v) is 25.6. The Morgan fingerprint density at radius 2 is 1.37 bits per heavy atom. The second kappa shape index (κ2) is 17.8. The van der Waals surface area contributed by atoms with E-state index >= 15 is 0 Å². The van der Waals surface area contributed by atoms with Crippen LogP contribution in [0.5, 0.6) is 0 Å². The van der Waals surface area contributed by atoms with E-state index in [1.807, 2.05) is 24.3 Å². The summed E-state index contributed by atoms with van der Waals surface area (Å²) in [6.07, 6.45) is 3.24. The number of hydrogen-bond donors (Lipinski definition) is 0. The first-order valence-electron chi connectivity index (χ1n) is 22.1. The molecular weight excluding hydrogens is 963 g/mol. The van der Waals surface area contributed by atoms with Crippen LogP contribution in [0.25, 0.3) is 82.8 Å². The summed E-state index contributed by atoms with van der Waals surface area (Å²) >= 11 is 0. The fourth-order valence-corrected chi connectivity index (χ4v) is 10.7. The number of pyridine rings is 1. The molecule has 6 heteroatoms. The second-order valence-electron chi connectivity index (χ2n) is 18.8. The van der Waals surface area contributed by atoms with Gasteiger partial charge < -0.3 is 14.0 Å². The first-order chi connectivity index (χ1) is 29.9. The van der Waals surface area contributed by atoms with Crippen LogP contribution >= 0.6 is 0 Å². The molecule has 1 radical (unpaired) electrons. The summed E-state index contributed by atoms with van der Waals surface area (Å²) < 4.78 is 9.07. The van der Waals surface area contributed by atoms with E-state index in [0.29, 0.717) is 17.8 Å². The van der Waals surface area contributed by atoms with Crippen LogP contribution in [0.2, 0.25) is 19.6 Å². The molecule has 3 aromatic heterocycles. The van der Waals surface area contributed by atoms with Gasteiger partial charge in [-0.1, -0.05) is 150 Å². The molecule has 0 aliphatic rings. The van der Waals surface area contributed by atoms with Gasteiger partial charge in [-0.25, -0.2) is 0 Å². The predicted molar refractivity (Wildman–Crippen MR) is 266 cm³/mol. The van der Waals surface area contributed by atoms with Gasteiger partial charge in [0.1, 0.15) is 5.58 Å². The van der Waals surface area contributed by atoms with Crippen LogP contribution in [0.3, 0.4) is 0 Å². The molecule has 0 saturated carbocycles.